The summed E-state index contributed by atoms with van der Waals surface area (Å²) in [6.07, 6.45) is 7.39. The molecule has 7 heteroatoms. The molecule has 2 N–H and O–H groups in total. The summed E-state index contributed by atoms with van der Waals surface area (Å²) in [5, 5.41) is 19.4. The second-order valence-electron chi connectivity index (χ2n) is 6.89. The van der Waals surface area contributed by atoms with Crippen LogP contribution in [0.25, 0.3) is 11.0 Å². The van der Waals surface area contributed by atoms with Crippen LogP contribution in [0.5, 0.6) is 0 Å². The van der Waals surface area contributed by atoms with Gasteiger partial charge in [0.05, 0.1) is 24.0 Å². The van der Waals surface area contributed by atoms with Gasteiger partial charge in [-0.25, -0.2) is 4.98 Å². The van der Waals surface area contributed by atoms with Crippen molar-refractivity contribution in [2.75, 3.05) is 24.7 Å². The lowest BCUT2D eigenvalue weighted by Crippen LogP contribution is -2.52. The maximum absolute atomic E-state index is 12.8. The first kappa shape index (κ1) is 15.9. The summed E-state index contributed by atoms with van der Waals surface area (Å²) < 4.78 is 0. The minimum atomic E-state index is -0.132. The molecule has 130 valence electrons. The molecule has 7 nitrogen and oxygen atoms in total. The standard InChI is InChI=1S/C18H21N5O2/c19-6-8-22-11-23(13-3-1-12(10-24)2-4-13)16-14-5-7-20-17(14)21-9-15(16)18(22)25/h5,7,9,12-13,24H,1-4,8,10-11H2,(H,20,21). The third kappa shape index (κ3) is 2.63. The minimum Gasteiger partial charge on any atom is -0.396 e. The fraction of sp³-hybridized carbons (Fsp3) is 0.500. The summed E-state index contributed by atoms with van der Waals surface area (Å²) in [7, 11) is 0. The number of carbonyl (C=O) groups excluding carboxylic acids is 1. The zero-order chi connectivity index (χ0) is 17.4. The Balaban J connectivity index is 1.76. The first-order valence-electron chi connectivity index (χ1n) is 8.72. The third-order valence-electron chi connectivity index (χ3n) is 5.46. The molecule has 0 aromatic carbocycles. The topological polar surface area (TPSA) is 96.2 Å². The number of fused-ring (bicyclic) bond motifs is 3. The highest BCUT2D eigenvalue weighted by Crippen LogP contribution is 2.38. The van der Waals surface area contributed by atoms with Crippen LogP contribution in [-0.2, 0) is 0 Å². The van der Waals surface area contributed by atoms with E-state index in [0.717, 1.165) is 42.4 Å². The number of pyridine rings is 1. The largest absolute Gasteiger partial charge is 0.396 e. The molecule has 0 radical (unpaired) electrons. The molecule has 0 atom stereocenters. The van der Waals surface area contributed by atoms with Gasteiger partial charge >= 0.3 is 0 Å². The lowest BCUT2D eigenvalue weighted by Gasteiger charge is -2.44. The van der Waals surface area contributed by atoms with E-state index in [1.165, 1.54) is 0 Å². The number of anilines is 1. The van der Waals surface area contributed by atoms with E-state index in [0.29, 0.717) is 24.2 Å². The van der Waals surface area contributed by atoms with Gasteiger partial charge in [0.15, 0.2) is 0 Å². The molecule has 1 aliphatic carbocycles. The molecule has 2 aromatic rings. The normalized spacial score (nSPS) is 23.6. The summed E-state index contributed by atoms with van der Waals surface area (Å²) >= 11 is 0. The predicted molar refractivity (Wildman–Crippen MR) is 92.9 cm³/mol. The van der Waals surface area contributed by atoms with Crippen LogP contribution in [0.2, 0.25) is 0 Å². The Morgan fingerprint density at radius 1 is 1.36 bits per heavy atom. The van der Waals surface area contributed by atoms with Crippen molar-refractivity contribution < 1.29 is 9.90 Å². The van der Waals surface area contributed by atoms with E-state index in [4.69, 9.17) is 5.26 Å². The predicted octanol–water partition coefficient (Wildman–Crippen LogP) is 1.86. The van der Waals surface area contributed by atoms with Crippen LogP contribution < -0.4 is 4.90 Å². The lowest BCUT2D eigenvalue weighted by molar-refractivity contribution is 0.0752. The van der Waals surface area contributed by atoms with E-state index in [2.05, 4.69) is 20.9 Å². The smallest absolute Gasteiger partial charge is 0.259 e. The molecule has 0 saturated heterocycles. The fourth-order valence-electron chi connectivity index (χ4n) is 4.09. The first-order valence-corrected chi connectivity index (χ1v) is 8.72. The Hall–Kier alpha value is -2.59. The number of hydrogen-bond donors (Lipinski definition) is 2. The van der Waals surface area contributed by atoms with Crippen LogP contribution in [0.3, 0.4) is 0 Å². The average molecular weight is 339 g/mol. The number of amides is 1. The Kier molecular flexibility index (Phi) is 4.06. The van der Waals surface area contributed by atoms with Crippen LogP contribution in [0.1, 0.15) is 36.0 Å². The van der Waals surface area contributed by atoms with Crippen molar-refractivity contribution in [3.63, 3.8) is 0 Å². The van der Waals surface area contributed by atoms with E-state index in [1.54, 1.807) is 11.1 Å². The molecular formula is C18H21N5O2. The Bertz CT molecular complexity index is 832. The van der Waals surface area contributed by atoms with Crippen molar-refractivity contribution in [1.29, 1.82) is 5.26 Å². The molecule has 25 heavy (non-hydrogen) atoms. The van der Waals surface area contributed by atoms with Crippen LogP contribution in [0.4, 0.5) is 5.69 Å². The molecule has 2 aromatic heterocycles. The molecule has 1 amide bonds. The highest BCUT2D eigenvalue weighted by atomic mass is 16.3. The molecule has 2 aliphatic rings. The third-order valence-corrected chi connectivity index (χ3v) is 5.46. The number of H-pyrrole nitrogens is 1. The van der Waals surface area contributed by atoms with Crippen LogP contribution in [0.15, 0.2) is 18.5 Å². The van der Waals surface area contributed by atoms with Gasteiger partial charge in [-0.15, -0.1) is 0 Å². The molecule has 1 saturated carbocycles. The van der Waals surface area contributed by atoms with Crippen molar-refractivity contribution in [3.8, 4) is 6.07 Å². The summed E-state index contributed by atoms with van der Waals surface area (Å²) in [5.41, 5.74) is 2.27. The summed E-state index contributed by atoms with van der Waals surface area (Å²) in [6, 6.07) is 4.35. The number of hydrogen-bond acceptors (Lipinski definition) is 5. The van der Waals surface area contributed by atoms with Crippen molar-refractivity contribution in [1.82, 2.24) is 14.9 Å². The number of aromatic amines is 1. The average Bonchev–Trinajstić information content (AvgIpc) is 3.13. The number of aliphatic hydroxyl groups is 1. The molecule has 1 aliphatic heterocycles. The number of aromatic nitrogens is 2. The van der Waals surface area contributed by atoms with E-state index >= 15 is 0 Å². The van der Waals surface area contributed by atoms with Gasteiger partial charge in [0, 0.05) is 30.4 Å². The Labute approximate surface area is 145 Å². The molecular weight excluding hydrogens is 318 g/mol. The van der Waals surface area contributed by atoms with Crippen LogP contribution in [0, 0.1) is 17.2 Å². The second kappa shape index (κ2) is 6.37. The number of rotatable bonds is 3. The zero-order valence-electron chi connectivity index (χ0n) is 14.0. The quantitative estimate of drug-likeness (QED) is 0.832. The number of aliphatic hydroxyl groups excluding tert-OH is 1. The lowest BCUT2D eigenvalue weighted by atomic mass is 9.85. The molecule has 1 fully saturated rings. The van der Waals surface area contributed by atoms with Gasteiger partial charge in [0.1, 0.15) is 12.2 Å². The van der Waals surface area contributed by atoms with Gasteiger partial charge in [-0.05, 0) is 37.7 Å². The van der Waals surface area contributed by atoms with Gasteiger partial charge in [-0.2, -0.15) is 5.26 Å². The van der Waals surface area contributed by atoms with E-state index < -0.39 is 0 Å². The van der Waals surface area contributed by atoms with Gasteiger partial charge in [0.2, 0.25) is 0 Å². The van der Waals surface area contributed by atoms with Crippen molar-refractivity contribution >= 4 is 22.6 Å². The van der Waals surface area contributed by atoms with Gasteiger partial charge in [-0.3, -0.25) is 4.79 Å². The molecule has 0 bridgehead atoms. The number of nitrogens with one attached hydrogen (secondary N) is 1. The van der Waals surface area contributed by atoms with Gasteiger partial charge < -0.3 is 19.9 Å². The first-order chi connectivity index (χ1) is 12.2. The Morgan fingerprint density at radius 3 is 2.88 bits per heavy atom. The van der Waals surface area contributed by atoms with Crippen molar-refractivity contribution in [2.45, 2.75) is 31.7 Å². The monoisotopic (exact) mass is 339 g/mol. The zero-order valence-corrected chi connectivity index (χ0v) is 14.0. The van der Waals surface area contributed by atoms with E-state index in [9.17, 15) is 9.90 Å². The minimum absolute atomic E-state index is 0.0753. The van der Waals surface area contributed by atoms with Gasteiger partial charge in [0.25, 0.3) is 5.91 Å². The van der Waals surface area contributed by atoms with E-state index in [-0.39, 0.29) is 19.1 Å². The maximum Gasteiger partial charge on any atom is 0.259 e. The molecule has 0 spiro atoms. The maximum atomic E-state index is 12.8. The molecule has 3 heterocycles. The SMILES string of the molecule is N#CCN1CN(C2CCC(CO)CC2)c2c(cnc3[nH]ccc23)C1=O. The summed E-state index contributed by atoms with van der Waals surface area (Å²) in [6.45, 7) is 0.748. The highest BCUT2D eigenvalue weighted by molar-refractivity contribution is 6.08. The van der Waals surface area contributed by atoms with Crippen LogP contribution >= 0.6 is 0 Å². The summed E-state index contributed by atoms with van der Waals surface area (Å²) in [5.74, 6) is 0.245. The second-order valence-corrected chi connectivity index (χ2v) is 6.89. The number of nitrogens with zero attached hydrogens (tertiary/aromatic N) is 4. The number of carbonyl (C=O) groups is 1. The Morgan fingerprint density at radius 2 is 2.16 bits per heavy atom. The van der Waals surface area contributed by atoms with Crippen molar-refractivity contribution in [3.05, 3.63) is 24.0 Å². The highest BCUT2D eigenvalue weighted by Gasteiger charge is 2.36. The van der Waals surface area contributed by atoms with E-state index in [1.807, 2.05) is 12.3 Å². The molecule has 4 rings (SSSR count). The number of nitriles is 1. The van der Waals surface area contributed by atoms with Crippen molar-refractivity contribution in [2.24, 2.45) is 5.92 Å². The van der Waals surface area contributed by atoms with Gasteiger partial charge in [-0.1, -0.05) is 0 Å². The molecule has 0 unspecified atom stereocenters. The fourth-order valence-corrected chi connectivity index (χ4v) is 4.09. The van der Waals surface area contributed by atoms with Crippen LogP contribution in [-0.4, -0.2) is 51.7 Å². The summed E-state index contributed by atoms with van der Waals surface area (Å²) in [4.78, 5) is 24.1.